The molecule has 3 aromatic carbocycles. The number of rotatable bonds is 10. The second-order valence-electron chi connectivity index (χ2n) is 11.5. The van der Waals surface area contributed by atoms with Crippen LogP contribution in [0.15, 0.2) is 85.5 Å². The zero-order valence-electron chi connectivity index (χ0n) is 24.0. The minimum atomic E-state index is -1.27. The molecule has 2 bridgehead atoms. The first-order valence-electron chi connectivity index (χ1n) is 14.7. The Labute approximate surface area is 259 Å². The Morgan fingerprint density at radius 1 is 1.16 bits per heavy atom. The van der Waals surface area contributed by atoms with Gasteiger partial charge in [0.2, 0.25) is 5.91 Å². The first-order valence-corrected chi connectivity index (χ1v) is 15.6. The predicted molar refractivity (Wildman–Crippen MR) is 167 cm³/mol. The lowest BCUT2D eigenvalue weighted by Crippen LogP contribution is -2.59. The molecule has 6 rings (SSSR count). The minimum absolute atomic E-state index is 0.164. The zero-order valence-corrected chi connectivity index (χ0v) is 25.6. The van der Waals surface area contributed by atoms with E-state index in [1.807, 2.05) is 72.8 Å². The molecule has 7 atom stereocenters. The van der Waals surface area contributed by atoms with Crippen LogP contribution in [0.1, 0.15) is 18.9 Å². The number of nitrogens with zero attached hydrogens (tertiary/aromatic N) is 2. The van der Waals surface area contributed by atoms with Crippen LogP contribution in [0.4, 0.5) is 5.69 Å². The summed E-state index contributed by atoms with van der Waals surface area (Å²) in [5.41, 5.74) is 0.299. The van der Waals surface area contributed by atoms with Crippen LogP contribution in [0.5, 0.6) is 0 Å². The fraction of sp³-hybridized carbons (Fsp3) is 0.382. The number of amides is 2. The molecule has 224 valence electrons. The third kappa shape index (κ3) is 4.87. The Morgan fingerprint density at radius 2 is 1.88 bits per heavy atom. The Morgan fingerprint density at radius 3 is 2.58 bits per heavy atom. The molecule has 0 aromatic heterocycles. The fourth-order valence-corrected chi connectivity index (χ4v) is 8.27. The van der Waals surface area contributed by atoms with Crippen LogP contribution >= 0.6 is 15.9 Å². The SMILES string of the molecule is C=CCN(C(=O)C1N([C@@H](CO)Cc2ccccc2)C(=O)[C@@H]2[C@H](C(=O)OCC)[C@H]3OC12CC3Br)c1ccc2ccccc2c1. The number of esters is 1. The second kappa shape index (κ2) is 11.9. The van der Waals surface area contributed by atoms with E-state index < -0.39 is 41.6 Å². The quantitative estimate of drug-likeness (QED) is 0.201. The number of alkyl halides is 1. The van der Waals surface area contributed by atoms with Crippen LogP contribution in [0.2, 0.25) is 0 Å². The highest BCUT2D eigenvalue weighted by molar-refractivity contribution is 9.09. The summed E-state index contributed by atoms with van der Waals surface area (Å²) in [4.78, 5) is 45.6. The molecule has 3 fully saturated rings. The molecule has 3 aromatic rings. The molecular formula is C34H35BrN2O6. The van der Waals surface area contributed by atoms with Crippen LogP contribution in [0, 0.1) is 11.8 Å². The van der Waals surface area contributed by atoms with Gasteiger partial charge in [-0.25, -0.2) is 0 Å². The maximum atomic E-state index is 14.9. The first kappa shape index (κ1) is 29.5. The van der Waals surface area contributed by atoms with E-state index in [2.05, 4.69) is 22.5 Å². The number of likely N-dealkylation sites (tertiary alicyclic amines) is 1. The smallest absolute Gasteiger partial charge is 0.312 e. The van der Waals surface area contributed by atoms with Gasteiger partial charge in [-0.3, -0.25) is 14.4 Å². The fourth-order valence-electron chi connectivity index (χ4n) is 7.33. The first-order chi connectivity index (χ1) is 20.8. The Bertz CT molecular complexity index is 1550. The third-order valence-electron chi connectivity index (χ3n) is 9.06. The number of anilines is 1. The van der Waals surface area contributed by atoms with Gasteiger partial charge in [0.25, 0.3) is 5.91 Å². The summed E-state index contributed by atoms with van der Waals surface area (Å²) in [6.07, 6.45) is 1.73. The van der Waals surface area contributed by atoms with Crippen LogP contribution < -0.4 is 4.90 Å². The summed E-state index contributed by atoms with van der Waals surface area (Å²) in [5.74, 6) is -3.00. The molecular weight excluding hydrogens is 612 g/mol. The molecule has 0 saturated carbocycles. The van der Waals surface area contributed by atoms with E-state index in [4.69, 9.17) is 9.47 Å². The average molecular weight is 648 g/mol. The van der Waals surface area contributed by atoms with Crippen molar-refractivity contribution in [2.24, 2.45) is 11.8 Å². The van der Waals surface area contributed by atoms with Gasteiger partial charge in [-0.1, -0.05) is 82.7 Å². The number of aliphatic hydroxyl groups excluding tert-OH is 1. The van der Waals surface area contributed by atoms with Gasteiger partial charge in [-0.15, -0.1) is 6.58 Å². The second-order valence-corrected chi connectivity index (χ2v) is 12.6. The number of fused-ring (bicyclic) bond motifs is 2. The lowest BCUT2D eigenvalue weighted by molar-refractivity contribution is -0.155. The molecule has 8 nitrogen and oxygen atoms in total. The van der Waals surface area contributed by atoms with Crippen molar-refractivity contribution >= 4 is 50.2 Å². The van der Waals surface area contributed by atoms with Gasteiger partial charge in [-0.05, 0) is 48.2 Å². The molecule has 43 heavy (non-hydrogen) atoms. The summed E-state index contributed by atoms with van der Waals surface area (Å²) in [5, 5.41) is 12.7. The van der Waals surface area contributed by atoms with E-state index in [1.165, 1.54) is 4.90 Å². The molecule has 0 radical (unpaired) electrons. The van der Waals surface area contributed by atoms with Crippen LogP contribution in [-0.4, -0.2) is 76.2 Å². The molecule has 3 heterocycles. The van der Waals surface area contributed by atoms with Gasteiger partial charge in [0.05, 0.1) is 37.2 Å². The Hall–Kier alpha value is -3.53. The summed E-state index contributed by atoms with van der Waals surface area (Å²) < 4.78 is 12.0. The van der Waals surface area contributed by atoms with Crippen molar-refractivity contribution in [3.05, 3.63) is 91.0 Å². The third-order valence-corrected chi connectivity index (χ3v) is 9.91. The topological polar surface area (TPSA) is 96.4 Å². The van der Waals surface area contributed by atoms with Gasteiger partial charge < -0.3 is 24.4 Å². The summed E-state index contributed by atoms with van der Waals surface area (Å²) in [6, 6.07) is 21.4. The Balaban J connectivity index is 1.47. The number of benzene rings is 3. The van der Waals surface area contributed by atoms with E-state index in [0.29, 0.717) is 18.5 Å². The highest BCUT2D eigenvalue weighted by atomic mass is 79.9. The molecule has 3 saturated heterocycles. The number of hydrogen-bond acceptors (Lipinski definition) is 6. The van der Waals surface area contributed by atoms with Crippen molar-refractivity contribution in [2.75, 3.05) is 24.7 Å². The van der Waals surface area contributed by atoms with Crippen LogP contribution in [-0.2, 0) is 30.3 Å². The monoisotopic (exact) mass is 646 g/mol. The lowest BCUT2D eigenvalue weighted by atomic mass is 9.70. The van der Waals surface area contributed by atoms with Crippen molar-refractivity contribution in [1.29, 1.82) is 0 Å². The molecule has 1 N–H and O–H groups in total. The largest absolute Gasteiger partial charge is 0.466 e. The molecule has 9 heteroatoms. The van der Waals surface area contributed by atoms with Crippen molar-refractivity contribution < 1.29 is 29.0 Å². The molecule has 1 spiro atoms. The zero-order chi connectivity index (χ0) is 30.3. The lowest BCUT2D eigenvalue weighted by Gasteiger charge is -2.39. The van der Waals surface area contributed by atoms with Crippen LogP contribution in [0.25, 0.3) is 10.8 Å². The van der Waals surface area contributed by atoms with E-state index in [0.717, 1.165) is 16.3 Å². The number of aliphatic hydroxyl groups is 1. The van der Waals surface area contributed by atoms with Gasteiger partial charge >= 0.3 is 5.97 Å². The van der Waals surface area contributed by atoms with Crippen LogP contribution in [0.3, 0.4) is 0 Å². The summed E-state index contributed by atoms with van der Waals surface area (Å²) in [6.45, 7) is 5.62. The number of halogens is 1. The summed E-state index contributed by atoms with van der Waals surface area (Å²) >= 11 is 3.70. The highest BCUT2D eigenvalue weighted by Crippen LogP contribution is 2.61. The van der Waals surface area contributed by atoms with Gasteiger partial charge in [0, 0.05) is 17.1 Å². The standard InChI is InChI=1S/C34H35BrN2O6/c1-3-16-36(24-15-14-22-12-8-9-13-23(22)18-24)32(40)30-34-19-26(35)29(43-34)27(33(41)42-4-2)28(34)31(39)37(30)25(20-38)17-21-10-6-5-7-11-21/h3,5-15,18,25-30,38H,1,4,16-17,19-20H2,2H3/t25-,26?,27+,28+,29+,30?,34?/m1/s1. The molecule has 3 aliphatic heterocycles. The maximum Gasteiger partial charge on any atom is 0.312 e. The van der Waals surface area contributed by atoms with Gasteiger partial charge in [0.15, 0.2) is 0 Å². The van der Waals surface area contributed by atoms with Crippen molar-refractivity contribution in [3.8, 4) is 0 Å². The maximum absolute atomic E-state index is 14.9. The van der Waals surface area contributed by atoms with E-state index >= 15 is 0 Å². The van der Waals surface area contributed by atoms with Gasteiger partial charge in [-0.2, -0.15) is 0 Å². The Kier molecular flexibility index (Phi) is 8.15. The van der Waals surface area contributed by atoms with E-state index in [9.17, 15) is 19.5 Å². The number of carbonyl (C=O) groups is 3. The number of hydrogen-bond donors (Lipinski definition) is 1. The molecule has 3 aliphatic rings. The van der Waals surface area contributed by atoms with E-state index in [-0.39, 0.29) is 36.4 Å². The van der Waals surface area contributed by atoms with Gasteiger partial charge in [0.1, 0.15) is 11.6 Å². The van der Waals surface area contributed by atoms with Crippen molar-refractivity contribution in [2.45, 2.75) is 48.4 Å². The van der Waals surface area contributed by atoms with Crippen molar-refractivity contribution in [1.82, 2.24) is 4.90 Å². The van der Waals surface area contributed by atoms with E-state index in [1.54, 1.807) is 17.9 Å². The highest BCUT2D eigenvalue weighted by Gasteiger charge is 2.77. The minimum Gasteiger partial charge on any atom is -0.466 e. The molecule has 3 unspecified atom stereocenters. The molecule has 2 amide bonds. The normalized spacial score (nSPS) is 28.1. The predicted octanol–water partition coefficient (Wildman–Crippen LogP) is 4.27. The van der Waals surface area contributed by atoms with Crippen molar-refractivity contribution in [3.63, 3.8) is 0 Å². The number of ether oxygens (including phenoxy) is 2. The summed E-state index contributed by atoms with van der Waals surface area (Å²) in [7, 11) is 0. The molecule has 0 aliphatic carbocycles. The average Bonchev–Trinajstić information content (AvgIpc) is 3.62. The number of carbonyl (C=O) groups excluding carboxylic acids is 3.